The third-order valence-electron chi connectivity index (χ3n) is 8.09. The Morgan fingerprint density at radius 2 is 1.56 bits per heavy atom. The first-order valence-corrected chi connectivity index (χ1v) is 14.3. The molecule has 0 aliphatic carbocycles. The van der Waals surface area contributed by atoms with Crippen LogP contribution in [-0.2, 0) is 21.7 Å². The minimum absolute atomic E-state index is 0.00372. The van der Waals surface area contributed by atoms with E-state index in [9.17, 15) is 13.2 Å². The van der Waals surface area contributed by atoms with Crippen LogP contribution >= 0.6 is 0 Å². The summed E-state index contributed by atoms with van der Waals surface area (Å²) in [7, 11) is -1.06. The molecule has 0 unspecified atom stereocenters. The van der Waals surface area contributed by atoms with Gasteiger partial charge in [0.25, 0.3) is 5.91 Å². The van der Waals surface area contributed by atoms with Crippen molar-refractivity contribution >= 4 is 21.4 Å². The summed E-state index contributed by atoms with van der Waals surface area (Å²) in [6, 6.07) is 18.8. The van der Waals surface area contributed by atoms with Crippen molar-refractivity contribution < 1.29 is 17.9 Å². The summed E-state index contributed by atoms with van der Waals surface area (Å²) in [5, 5.41) is 0. The van der Waals surface area contributed by atoms with Crippen LogP contribution in [0.4, 0.5) is 5.69 Å². The van der Waals surface area contributed by atoms with Crippen LogP contribution in [0.2, 0.25) is 0 Å². The molecule has 1 spiro atoms. The number of sulfone groups is 1. The van der Waals surface area contributed by atoms with Gasteiger partial charge in [-0.2, -0.15) is 0 Å². The Morgan fingerprint density at radius 3 is 2.19 bits per heavy atom. The van der Waals surface area contributed by atoms with E-state index in [2.05, 4.69) is 24.1 Å². The van der Waals surface area contributed by atoms with Crippen LogP contribution < -0.4 is 9.64 Å². The highest BCUT2D eigenvalue weighted by Gasteiger charge is 2.44. The molecule has 186 valence electrons. The lowest BCUT2D eigenvalue weighted by molar-refractivity contribution is 0.0989. The van der Waals surface area contributed by atoms with Gasteiger partial charge in [-0.15, -0.1) is 0 Å². The summed E-state index contributed by atoms with van der Waals surface area (Å²) in [6.07, 6.45) is 4.19. The molecular weight excluding hydrogens is 472 g/mol. The molecule has 3 aromatic rings. The zero-order valence-corrected chi connectivity index (χ0v) is 21.5. The third-order valence-corrected chi connectivity index (χ3v) is 9.22. The Kier molecular flexibility index (Phi) is 5.46. The number of hydrogen-bond donors (Lipinski definition) is 0. The van der Waals surface area contributed by atoms with Crippen molar-refractivity contribution in [3.8, 4) is 16.9 Å². The van der Waals surface area contributed by atoms with Crippen LogP contribution in [0.5, 0.6) is 5.75 Å². The first-order valence-electron chi connectivity index (χ1n) is 12.4. The molecule has 3 aliphatic rings. The topological polar surface area (TPSA) is 66.9 Å². The highest BCUT2D eigenvalue weighted by Crippen LogP contribution is 2.49. The Bertz CT molecular complexity index is 1440. The second-order valence-corrected chi connectivity index (χ2v) is 12.4. The normalized spacial score (nSPS) is 18.7. The second-order valence-electron chi connectivity index (χ2n) is 10.4. The fourth-order valence-corrected chi connectivity index (χ4v) is 6.40. The molecule has 0 atom stereocenters. The number of fused-ring (bicyclic) bond motifs is 3. The summed E-state index contributed by atoms with van der Waals surface area (Å²) in [5.41, 5.74) is 6.01. The van der Waals surface area contributed by atoms with Gasteiger partial charge in [-0.25, -0.2) is 8.42 Å². The van der Waals surface area contributed by atoms with Gasteiger partial charge in [0.2, 0.25) is 0 Å². The summed E-state index contributed by atoms with van der Waals surface area (Å²) < 4.78 is 29.6. The maximum atomic E-state index is 13.5. The van der Waals surface area contributed by atoms with Gasteiger partial charge in [0.15, 0.2) is 9.84 Å². The number of benzene rings is 3. The number of likely N-dealkylation sites (tertiary alicyclic amines) is 1. The highest BCUT2D eigenvalue weighted by molar-refractivity contribution is 7.90. The zero-order valence-electron chi connectivity index (χ0n) is 20.7. The van der Waals surface area contributed by atoms with Crippen LogP contribution in [0.15, 0.2) is 65.6 Å². The van der Waals surface area contributed by atoms with Gasteiger partial charge in [0.1, 0.15) is 5.75 Å². The fraction of sp³-hybridized carbons (Fsp3) is 0.345. The molecule has 1 fully saturated rings. The van der Waals surface area contributed by atoms with Crippen LogP contribution in [0.1, 0.15) is 34.3 Å². The number of piperidine rings is 1. The molecule has 1 amide bonds. The van der Waals surface area contributed by atoms with Gasteiger partial charge < -0.3 is 14.5 Å². The molecule has 1 saturated heterocycles. The van der Waals surface area contributed by atoms with Crippen molar-refractivity contribution in [2.24, 2.45) is 0 Å². The molecule has 0 N–H and O–H groups in total. The van der Waals surface area contributed by atoms with Crippen molar-refractivity contribution in [2.75, 3.05) is 44.4 Å². The lowest BCUT2D eigenvalue weighted by Gasteiger charge is -2.37. The minimum atomic E-state index is -3.23. The monoisotopic (exact) mass is 502 g/mol. The molecule has 0 bridgehead atoms. The van der Waals surface area contributed by atoms with Crippen LogP contribution in [0, 0.1) is 0 Å². The average molecular weight is 503 g/mol. The number of anilines is 1. The molecule has 3 aliphatic heterocycles. The standard InChI is InChI=1S/C29H30N2O4S/c1-30-15-12-29(13-16-30)19-35-27-17-23-11-14-31(26(23)18-25(27)29)28(32)22-5-3-20(4-6-22)21-7-9-24(10-8-21)36(2,33)34/h3-10,17-18H,11-16,19H2,1-2H3. The number of rotatable bonds is 3. The van der Waals surface area contributed by atoms with Crippen molar-refractivity contribution in [3.63, 3.8) is 0 Å². The molecule has 3 aromatic carbocycles. The van der Waals surface area contributed by atoms with E-state index < -0.39 is 9.84 Å². The summed E-state index contributed by atoms with van der Waals surface area (Å²) in [4.78, 5) is 18.1. The SMILES string of the molecule is CN1CCC2(CC1)COc1cc3c(cc12)N(C(=O)c1ccc(-c2ccc(S(C)(=O)=O)cc2)cc1)CC3. The Balaban J connectivity index is 1.25. The van der Waals surface area contributed by atoms with E-state index in [4.69, 9.17) is 4.74 Å². The highest BCUT2D eigenvalue weighted by atomic mass is 32.2. The molecule has 0 aromatic heterocycles. The quantitative estimate of drug-likeness (QED) is 0.534. The van der Waals surface area contributed by atoms with E-state index in [1.165, 1.54) is 17.4 Å². The Morgan fingerprint density at radius 1 is 0.917 bits per heavy atom. The predicted octanol–water partition coefficient (Wildman–Crippen LogP) is 4.32. The van der Waals surface area contributed by atoms with E-state index >= 15 is 0 Å². The average Bonchev–Trinajstić information content (AvgIpc) is 3.45. The molecule has 6 rings (SSSR count). The first-order chi connectivity index (χ1) is 17.2. The van der Waals surface area contributed by atoms with Gasteiger partial charge >= 0.3 is 0 Å². The number of hydrogen-bond acceptors (Lipinski definition) is 5. The lowest BCUT2D eigenvalue weighted by Crippen LogP contribution is -2.42. The molecule has 0 radical (unpaired) electrons. The molecule has 7 heteroatoms. The van der Waals surface area contributed by atoms with Crippen molar-refractivity contribution in [3.05, 3.63) is 77.4 Å². The number of ether oxygens (including phenoxy) is 1. The summed E-state index contributed by atoms with van der Waals surface area (Å²) in [6.45, 7) is 3.53. The fourth-order valence-electron chi connectivity index (χ4n) is 5.77. The van der Waals surface area contributed by atoms with Gasteiger partial charge in [0.05, 0.1) is 11.5 Å². The van der Waals surface area contributed by atoms with E-state index in [0.717, 1.165) is 61.5 Å². The Labute approximate surface area is 212 Å². The molecular formula is C29H30N2O4S. The van der Waals surface area contributed by atoms with E-state index in [1.807, 2.05) is 29.2 Å². The molecule has 3 heterocycles. The number of amides is 1. The summed E-state index contributed by atoms with van der Waals surface area (Å²) >= 11 is 0. The van der Waals surface area contributed by atoms with Gasteiger partial charge in [-0.05, 0) is 92.5 Å². The Hall–Kier alpha value is -3.16. The zero-order chi connectivity index (χ0) is 25.1. The smallest absolute Gasteiger partial charge is 0.258 e. The van der Waals surface area contributed by atoms with Crippen LogP contribution in [0.25, 0.3) is 11.1 Å². The molecule has 0 saturated carbocycles. The minimum Gasteiger partial charge on any atom is -0.492 e. The molecule has 6 nitrogen and oxygen atoms in total. The second kappa shape index (κ2) is 8.46. The lowest BCUT2D eigenvalue weighted by atomic mass is 9.74. The number of nitrogens with zero attached hydrogens (tertiary/aromatic N) is 2. The largest absolute Gasteiger partial charge is 0.492 e. The van der Waals surface area contributed by atoms with Gasteiger partial charge in [-0.3, -0.25) is 4.79 Å². The van der Waals surface area contributed by atoms with Crippen molar-refractivity contribution in [2.45, 2.75) is 29.6 Å². The van der Waals surface area contributed by atoms with Crippen LogP contribution in [0.3, 0.4) is 0 Å². The third kappa shape index (κ3) is 3.91. The van der Waals surface area contributed by atoms with Crippen molar-refractivity contribution in [1.29, 1.82) is 0 Å². The molecule has 36 heavy (non-hydrogen) atoms. The maximum Gasteiger partial charge on any atom is 0.258 e. The van der Waals surface area contributed by atoms with Crippen LogP contribution in [-0.4, -0.2) is 58.8 Å². The predicted molar refractivity (Wildman–Crippen MR) is 141 cm³/mol. The van der Waals surface area contributed by atoms with E-state index in [1.54, 1.807) is 24.3 Å². The number of carbonyl (C=O) groups excluding carboxylic acids is 1. The van der Waals surface area contributed by atoms with E-state index in [-0.39, 0.29) is 11.3 Å². The van der Waals surface area contributed by atoms with E-state index in [0.29, 0.717) is 17.0 Å². The summed E-state index contributed by atoms with van der Waals surface area (Å²) in [5.74, 6) is 1.00. The van der Waals surface area contributed by atoms with Crippen molar-refractivity contribution in [1.82, 2.24) is 4.90 Å². The maximum absolute atomic E-state index is 13.5. The first kappa shape index (κ1) is 23.3. The van der Waals surface area contributed by atoms with Gasteiger partial charge in [-0.1, -0.05) is 24.3 Å². The number of carbonyl (C=O) groups is 1. The van der Waals surface area contributed by atoms with Gasteiger partial charge in [0, 0.05) is 35.0 Å².